The highest BCUT2D eigenvalue weighted by atomic mass is 32.2. The summed E-state index contributed by atoms with van der Waals surface area (Å²) in [5.74, 6) is -0.0938. The lowest BCUT2D eigenvalue weighted by Crippen LogP contribution is -2.30. The molecular formula is C18H20N2O3S2. The van der Waals surface area contributed by atoms with Crippen LogP contribution >= 0.6 is 11.8 Å². The normalized spacial score (nSPS) is 17.4. The van der Waals surface area contributed by atoms with Crippen molar-refractivity contribution in [3.63, 3.8) is 0 Å². The van der Waals surface area contributed by atoms with Gasteiger partial charge >= 0.3 is 0 Å². The minimum atomic E-state index is -3.71. The third kappa shape index (κ3) is 3.67. The molecule has 132 valence electrons. The number of carbonyl (C=O) groups is 1. The Balaban J connectivity index is 2.02. The molecule has 25 heavy (non-hydrogen) atoms. The van der Waals surface area contributed by atoms with Gasteiger partial charge in [0, 0.05) is 23.1 Å². The highest BCUT2D eigenvalue weighted by Gasteiger charge is 2.26. The van der Waals surface area contributed by atoms with Crippen LogP contribution in [0.1, 0.15) is 20.3 Å². The first-order valence-corrected chi connectivity index (χ1v) is 10.4. The van der Waals surface area contributed by atoms with E-state index in [1.807, 2.05) is 25.1 Å². The highest BCUT2D eigenvalue weighted by Crippen LogP contribution is 2.37. The minimum Gasteiger partial charge on any atom is -0.325 e. The van der Waals surface area contributed by atoms with E-state index in [1.54, 1.807) is 49.0 Å². The summed E-state index contributed by atoms with van der Waals surface area (Å²) in [6, 6.07) is 13.9. The molecule has 0 aromatic heterocycles. The standard InChI is InChI=1S/C18H20N2O3S2/c1-3-20(14-7-5-4-6-8-14)25(22,23)15-9-10-17-16(12-15)19-18(21)11-13(2)24-17/h4-10,12-13H,3,11H2,1-2H3,(H,19,21)/t13-/m1/s1. The van der Waals surface area contributed by atoms with E-state index in [0.29, 0.717) is 24.3 Å². The van der Waals surface area contributed by atoms with Crippen molar-refractivity contribution < 1.29 is 13.2 Å². The van der Waals surface area contributed by atoms with Crippen molar-refractivity contribution >= 4 is 39.1 Å². The van der Waals surface area contributed by atoms with E-state index >= 15 is 0 Å². The second-order valence-electron chi connectivity index (χ2n) is 5.84. The van der Waals surface area contributed by atoms with E-state index in [9.17, 15) is 13.2 Å². The van der Waals surface area contributed by atoms with Gasteiger partial charge in [-0.2, -0.15) is 0 Å². The van der Waals surface area contributed by atoms with Crippen LogP contribution in [0.4, 0.5) is 11.4 Å². The number of benzene rings is 2. The molecule has 0 bridgehead atoms. The van der Waals surface area contributed by atoms with Crippen LogP contribution in [-0.2, 0) is 14.8 Å². The number of para-hydroxylation sites is 1. The van der Waals surface area contributed by atoms with Gasteiger partial charge in [0.15, 0.2) is 0 Å². The van der Waals surface area contributed by atoms with Crippen LogP contribution in [0.5, 0.6) is 0 Å². The van der Waals surface area contributed by atoms with Crippen LogP contribution < -0.4 is 9.62 Å². The maximum absolute atomic E-state index is 13.1. The Morgan fingerprint density at radius 2 is 1.92 bits per heavy atom. The summed E-state index contributed by atoms with van der Waals surface area (Å²) in [7, 11) is -3.71. The quantitative estimate of drug-likeness (QED) is 0.883. The molecule has 2 aromatic carbocycles. The summed E-state index contributed by atoms with van der Waals surface area (Å²) < 4.78 is 27.5. The Hall–Kier alpha value is -1.99. The van der Waals surface area contributed by atoms with Crippen LogP contribution in [0.2, 0.25) is 0 Å². The fourth-order valence-electron chi connectivity index (χ4n) is 2.80. The van der Waals surface area contributed by atoms with Crippen LogP contribution in [0.3, 0.4) is 0 Å². The molecule has 0 fully saturated rings. The van der Waals surface area contributed by atoms with Crippen molar-refractivity contribution in [2.75, 3.05) is 16.2 Å². The second-order valence-corrected chi connectivity index (χ2v) is 9.19. The van der Waals surface area contributed by atoms with Crippen LogP contribution in [-0.4, -0.2) is 26.1 Å². The summed E-state index contributed by atoms with van der Waals surface area (Å²) in [4.78, 5) is 13.0. The summed E-state index contributed by atoms with van der Waals surface area (Å²) in [6.07, 6.45) is 0.409. The van der Waals surface area contributed by atoms with Crippen molar-refractivity contribution in [3.8, 4) is 0 Å². The van der Waals surface area contributed by atoms with E-state index < -0.39 is 10.0 Å². The molecule has 1 N–H and O–H groups in total. The maximum Gasteiger partial charge on any atom is 0.264 e. The predicted octanol–water partition coefficient (Wildman–Crippen LogP) is 3.72. The third-order valence-corrected chi connectivity index (χ3v) is 7.02. The van der Waals surface area contributed by atoms with Crippen LogP contribution in [0.15, 0.2) is 58.3 Å². The molecule has 3 rings (SSSR count). The fraction of sp³-hybridized carbons (Fsp3) is 0.278. The molecule has 1 atom stereocenters. The van der Waals surface area contributed by atoms with E-state index in [-0.39, 0.29) is 16.1 Å². The Bertz CT molecular complexity index is 882. The maximum atomic E-state index is 13.1. The number of hydrogen-bond donors (Lipinski definition) is 1. The number of rotatable bonds is 4. The third-order valence-electron chi connectivity index (χ3n) is 3.95. The van der Waals surface area contributed by atoms with Gasteiger partial charge in [0.1, 0.15) is 0 Å². The first kappa shape index (κ1) is 17.8. The van der Waals surface area contributed by atoms with E-state index in [0.717, 1.165) is 4.90 Å². The molecule has 0 saturated heterocycles. The second kappa shape index (κ2) is 7.09. The lowest BCUT2D eigenvalue weighted by Gasteiger charge is -2.23. The number of hydrogen-bond acceptors (Lipinski definition) is 4. The molecule has 0 radical (unpaired) electrons. The van der Waals surface area contributed by atoms with Crippen molar-refractivity contribution in [1.82, 2.24) is 0 Å². The van der Waals surface area contributed by atoms with Gasteiger partial charge in [-0.1, -0.05) is 25.1 Å². The van der Waals surface area contributed by atoms with Crippen molar-refractivity contribution in [2.24, 2.45) is 0 Å². The molecular weight excluding hydrogens is 356 g/mol. The Kier molecular flexibility index (Phi) is 5.06. The average molecular weight is 377 g/mol. The lowest BCUT2D eigenvalue weighted by molar-refractivity contribution is -0.116. The van der Waals surface area contributed by atoms with Gasteiger partial charge in [-0.25, -0.2) is 8.42 Å². The number of fused-ring (bicyclic) bond motifs is 1. The number of carbonyl (C=O) groups excluding carboxylic acids is 1. The topological polar surface area (TPSA) is 66.5 Å². The van der Waals surface area contributed by atoms with Gasteiger partial charge in [0.05, 0.1) is 16.3 Å². The summed E-state index contributed by atoms with van der Waals surface area (Å²) >= 11 is 1.57. The zero-order chi connectivity index (χ0) is 18.0. The zero-order valence-electron chi connectivity index (χ0n) is 14.1. The van der Waals surface area contributed by atoms with E-state index in [4.69, 9.17) is 0 Å². The fourth-order valence-corrected chi connectivity index (χ4v) is 5.36. The molecule has 7 heteroatoms. The number of thioether (sulfide) groups is 1. The number of nitrogens with zero attached hydrogens (tertiary/aromatic N) is 1. The van der Waals surface area contributed by atoms with Gasteiger partial charge in [-0.15, -0.1) is 11.8 Å². The predicted molar refractivity (Wildman–Crippen MR) is 102 cm³/mol. The molecule has 0 saturated carbocycles. The van der Waals surface area contributed by atoms with Gasteiger partial charge in [-0.05, 0) is 37.3 Å². The van der Waals surface area contributed by atoms with Crippen LogP contribution in [0, 0.1) is 0 Å². The zero-order valence-corrected chi connectivity index (χ0v) is 15.7. The van der Waals surface area contributed by atoms with Crippen molar-refractivity contribution in [3.05, 3.63) is 48.5 Å². The molecule has 5 nitrogen and oxygen atoms in total. The molecule has 1 heterocycles. The van der Waals surface area contributed by atoms with Gasteiger partial charge in [0.2, 0.25) is 5.91 Å². The summed E-state index contributed by atoms with van der Waals surface area (Å²) in [5.41, 5.74) is 1.18. The molecule has 1 aliphatic rings. The van der Waals surface area contributed by atoms with Gasteiger partial charge < -0.3 is 5.32 Å². The number of sulfonamides is 1. The largest absolute Gasteiger partial charge is 0.325 e. The lowest BCUT2D eigenvalue weighted by atomic mass is 10.3. The monoisotopic (exact) mass is 376 g/mol. The first-order chi connectivity index (χ1) is 11.9. The van der Waals surface area contributed by atoms with Gasteiger partial charge in [-0.3, -0.25) is 9.10 Å². The minimum absolute atomic E-state index is 0.0938. The van der Waals surface area contributed by atoms with E-state index in [1.165, 1.54) is 4.31 Å². The molecule has 0 unspecified atom stereocenters. The van der Waals surface area contributed by atoms with Crippen molar-refractivity contribution in [1.29, 1.82) is 0 Å². The SMILES string of the molecule is CCN(c1ccccc1)S(=O)(=O)c1ccc2c(c1)NC(=O)C[C@@H](C)S2. The average Bonchev–Trinajstić information content (AvgIpc) is 2.71. The molecule has 2 aromatic rings. The molecule has 1 amide bonds. The summed E-state index contributed by atoms with van der Waals surface area (Å²) in [5, 5.41) is 2.97. The Labute approximate surface area is 152 Å². The smallest absolute Gasteiger partial charge is 0.264 e. The van der Waals surface area contributed by atoms with E-state index in [2.05, 4.69) is 5.32 Å². The molecule has 1 aliphatic heterocycles. The Morgan fingerprint density at radius 1 is 1.20 bits per heavy atom. The summed E-state index contributed by atoms with van der Waals surface area (Å²) in [6.45, 7) is 4.10. The molecule has 0 spiro atoms. The number of amides is 1. The number of nitrogens with one attached hydrogen (secondary N) is 1. The van der Waals surface area contributed by atoms with Crippen LogP contribution in [0.25, 0.3) is 0 Å². The van der Waals surface area contributed by atoms with Gasteiger partial charge in [0.25, 0.3) is 10.0 Å². The van der Waals surface area contributed by atoms with Crippen molar-refractivity contribution in [2.45, 2.75) is 35.3 Å². The highest BCUT2D eigenvalue weighted by molar-refractivity contribution is 8.00. The molecule has 0 aliphatic carbocycles. The number of anilines is 2. The Morgan fingerprint density at radius 3 is 2.60 bits per heavy atom. The first-order valence-electron chi connectivity index (χ1n) is 8.10.